The zero-order valence-corrected chi connectivity index (χ0v) is 10.6. The van der Waals surface area contributed by atoms with Crippen LogP contribution in [0.15, 0.2) is 0 Å². The first kappa shape index (κ1) is 16.3. The molecule has 0 amide bonds. The number of unbranched alkanes of at least 4 members (excludes halogenated alkanes) is 5. The van der Waals surface area contributed by atoms with Gasteiger partial charge < -0.3 is 14.4 Å². The average Bonchev–Trinajstić information content (AvgIpc) is 1.94. The van der Waals surface area contributed by atoms with E-state index in [1.165, 1.54) is 12.8 Å². The van der Waals surface area contributed by atoms with Gasteiger partial charge in [0.25, 0.3) is 0 Å². The van der Waals surface area contributed by atoms with Gasteiger partial charge in [0.05, 0.1) is 0 Å². The van der Waals surface area contributed by atoms with Crippen LogP contribution in [0.4, 0.5) is 0 Å². The van der Waals surface area contributed by atoms with E-state index in [0.29, 0.717) is 6.42 Å². The maximum Gasteiger partial charge on any atom is 2.00 e. The molecule has 0 saturated carbocycles. The zero-order chi connectivity index (χ0) is 9.45. The van der Waals surface area contributed by atoms with Crippen LogP contribution in [0.2, 0.25) is 0 Å². The van der Waals surface area contributed by atoms with E-state index >= 15 is 0 Å². The van der Waals surface area contributed by atoms with Crippen molar-refractivity contribution in [1.29, 1.82) is 0 Å². The van der Waals surface area contributed by atoms with E-state index in [4.69, 9.17) is 0 Å². The summed E-state index contributed by atoms with van der Waals surface area (Å²) in [7, 11) is -4.22. The summed E-state index contributed by atoms with van der Waals surface area (Å²) < 4.78 is 10.2. The second-order valence-corrected chi connectivity index (χ2v) is 4.77. The van der Waals surface area contributed by atoms with Crippen LogP contribution in [-0.4, -0.2) is 29.2 Å². The second-order valence-electron chi connectivity index (χ2n) is 3.10. The molecule has 0 fully saturated rings. The minimum absolute atomic E-state index is 0. The molecule has 0 radical (unpaired) electrons. The molecule has 0 heterocycles. The monoisotopic (exact) mass is 216 g/mol. The van der Waals surface area contributed by atoms with Crippen molar-refractivity contribution in [3.63, 3.8) is 0 Å². The molecule has 0 aliphatic carbocycles. The van der Waals surface area contributed by atoms with E-state index in [1.54, 1.807) is 0 Å². The van der Waals surface area contributed by atoms with Crippen LogP contribution in [0.1, 0.15) is 45.4 Å². The quantitative estimate of drug-likeness (QED) is 0.360. The summed E-state index contributed by atoms with van der Waals surface area (Å²) in [6, 6.07) is 0. The molecule has 74 valence electrons. The van der Waals surface area contributed by atoms with Crippen molar-refractivity contribution in [2.45, 2.75) is 45.4 Å². The van der Waals surface area contributed by atoms with E-state index in [9.17, 15) is 14.4 Å². The van der Waals surface area contributed by atoms with Gasteiger partial charge >= 0.3 is 23.1 Å². The third-order valence-corrected chi connectivity index (χ3v) is 2.65. The first-order valence-corrected chi connectivity index (χ1v) is 6.30. The summed E-state index contributed by atoms with van der Waals surface area (Å²) in [5.74, 6) is 0. The Labute approximate surface area is 96.6 Å². The smallest absolute Gasteiger partial charge is 0.811 e. The summed E-state index contributed by atoms with van der Waals surface area (Å²) in [5, 5.41) is 0. The molecule has 0 aromatic heterocycles. The summed E-state index contributed by atoms with van der Waals surface area (Å²) >= 11 is 0. The van der Waals surface area contributed by atoms with Gasteiger partial charge in [-0.05, 0) is 12.6 Å². The molecule has 5 heteroatoms. The summed E-state index contributed by atoms with van der Waals surface area (Å²) in [6.07, 6.45) is 5.82. The van der Waals surface area contributed by atoms with E-state index in [0.717, 1.165) is 19.3 Å². The van der Waals surface area contributed by atoms with Gasteiger partial charge in [0.1, 0.15) is 0 Å². The predicted molar refractivity (Wildman–Crippen MR) is 51.6 cm³/mol. The van der Waals surface area contributed by atoms with Gasteiger partial charge in [-0.3, -0.25) is 0 Å². The van der Waals surface area contributed by atoms with Gasteiger partial charge in [-0.25, -0.2) is 0 Å². The molecular formula is C8H17MgO3P. The van der Waals surface area contributed by atoms with Crippen LogP contribution in [0, 0.1) is 0 Å². The van der Waals surface area contributed by atoms with Crippen molar-refractivity contribution in [1.82, 2.24) is 0 Å². The molecule has 0 unspecified atom stereocenters. The fraction of sp³-hybridized carbons (Fsp3) is 1.00. The molecule has 0 aromatic carbocycles. The summed E-state index contributed by atoms with van der Waals surface area (Å²) in [6.45, 7) is 2.13. The number of hydrogen-bond acceptors (Lipinski definition) is 3. The molecule has 0 aliphatic heterocycles. The van der Waals surface area contributed by atoms with Crippen LogP contribution in [0.25, 0.3) is 0 Å². The average molecular weight is 216 g/mol. The van der Waals surface area contributed by atoms with E-state index in [-0.39, 0.29) is 29.2 Å². The van der Waals surface area contributed by atoms with Crippen LogP contribution in [0.3, 0.4) is 0 Å². The normalized spacial score (nSPS) is 11.0. The molecule has 0 aliphatic rings. The standard InChI is InChI=1S/C8H19O3P.Mg/c1-2-3-4-5-6-7-8-12(9,10)11;/h2-8H2,1H3,(H2,9,10,11);/q;+2/p-2. The van der Waals surface area contributed by atoms with E-state index < -0.39 is 7.60 Å². The first-order valence-electron chi connectivity index (χ1n) is 4.57. The van der Waals surface area contributed by atoms with Gasteiger partial charge in [0.2, 0.25) is 0 Å². The predicted octanol–water partition coefficient (Wildman–Crippen LogP) is 0.880. The van der Waals surface area contributed by atoms with E-state index in [1.807, 2.05) is 0 Å². The molecule has 0 spiro atoms. The number of rotatable bonds is 7. The Bertz CT molecular complexity index is 146. The Morgan fingerprint density at radius 3 is 1.92 bits per heavy atom. The maximum atomic E-state index is 10.2. The topological polar surface area (TPSA) is 63.2 Å². The van der Waals surface area contributed by atoms with Crippen LogP contribution in [-0.2, 0) is 4.57 Å². The molecule has 0 rings (SSSR count). The van der Waals surface area contributed by atoms with Gasteiger partial charge in [0.15, 0.2) is 0 Å². The molecule has 3 nitrogen and oxygen atoms in total. The Morgan fingerprint density at radius 2 is 1.46 bits per heavy atom. The molecule has 0 atom stereocenters. The van der Waals surface area contributed by atoms with Crippen molar-refractivity contribution in [3.8, 4) is 0 Å². The van der Waals surface area contributed by atoms with Crippen molar-refractivity contribution in [3.05, 3.63) is 0 Å². The Kier molecular flexibility index (Phi) is 11.9. The minimum atomic E-state index is -4.22. The van der Waals surface area contributed by atoms with Gasteiger partial charge in [0, 0.05) is 0 Å². The largest absolute Gasteiger partial charge is 2.00 e. The molecule has 0 aromatic rings. The van der Waals surface area contributed by atoms with Crippen molar-refractivity contribution < 1.29 is 14.4 Å². The molecule has 0 saturated heterocycles. The van der Waals surface area contributed by atoms with Gasteiger partial charge in [-0.2, -0.15) is 0 Å². The van der Waals surface area contributed by atoms with Crippen LogP contribution < -0.4 is 9.79 Å². The van der Waals surface area contributed by atoms with Gasteiger partial charge in [-0.15, -0.1) is 0 Å². The second kappa shape index (κ2) is 9.47. The SMILES string of the molecule is CCCCCCCCP(=O)([O-])[O-].[Mg+2]. The maximum absolute atomic E-state index is 10.2. The van der Waals surface area contributed by atoms with Gasteiger partial charge in [-0.1, -0.05) is 46.6 Å². The molecular weight excluding hydrogens is 199 g/mol. The summed E-state index contributed by atoms with van der Waals surface area (Å²) in [4.78, 5) is 20.4. The van der Waals surface area contributed by atoms with Crippen molar-refractivity contribution in [2.24, 2.45) is 0 Å². The third-order valence-electron chi connectivity index (χ3n) is 1.79. The van der Waals surface area contributed by atoms with Crippen molar-refractivity contribution >= 4 is 30.6 Å². The summed E-state index contributed by atoms with van der Waals surface area (Å²) in [5.41, 5.74) is 0. The molecule has 0 bridgehead atoms. The van der Waals surface area contributed by atoms with Crippen molar-refractivity contribution in [2.75, 3.05) is 6.16 Å². The Hall–Kier alpha value is 0.916. The minimum Gasteiger partial charge on any atom is -0.811 e. The third kappa shape index (κ3) is 15.7. The first-order chi connectivity index (χ1) is 5.56. The van der Waals surface area contributed by atoms with Crippen LogP contribution >= 0.6 is 7.60 Å². The van der Waals surface area contributed by atoms with Crippen LogP contribution in [0.5, 0.6) is 0 Å². The molecule has 0 N–H and O–H groups in total. The zero-order valence-electron chi connectivity index (χ0n) is 8.33. The van der Waals surface area contributed by atoms with E-state index in [2.05, 4.69) is 6.92 Å². The fourth-order valence-corrected chi connectivity index (χ4v) is 1.70. The Balaban J connectivity index is 0. The Morgan fingerprint density at radius 1 is 1.00 bits per heavy atom. The fourth-order valence-electron chi connectivity index (χ4n) is 1.09. The number of hydrogen-bond donors (Lipinski definition) is 0. The molecule has 13 heavy (non-hydrogen) atoms.